The third-order valence-electron chi connectivity index (χ3n) is 1.93. The minimum Gasteiger partial charge on any atom is -0.508 e. The van der Waals surface area contributed by atoms with Gasteiger partial charge in [-0.05, 0) is 42.0 Å². The van der Waals surface area contributed by atoms with E-state index < -0.39 is 0 Å². The molecule has 0 aliphatic rings. The summed E-state index contributed by atoms with van der Waals surface area (Å²) in [6.45, 7) is 0. The number of hydrogen-bond acceptors (Lipinski definition) is 3. The molecule has 0 bridgehead atoms. The number of aromatic hydroxyl groups is 1. The molecule has 0 aliphatic carbocycles. The molecule has 0 saturated carbocycles. The van der Waals surface area contributed by atoms with Crippen LogP contribution >= 0.6 is 11.3 Å². The molecule has 1 N–H and O–H groups in total. The van der Waals surface area contributed by atoms with Gasteiger partial charge in [0.15, 0.2) is 5.06 Å². The second-order valence-electron chi connectivity index (χ2n) is 2.87. The molecule has 0 fully saturated rings. The quantitative estimate of drug-likeness (QED) is 0.818. The van der Waals surface area contributed by atoms with Crippen molar-refractivity contribution in [3.63, 3.8) is 0 Å². The fourth-order valence-electron chi connectivity index (χ4n) is 1.21. The van der Waals surface area contributed by atoms with E-state index in [0.717, 1.165) is 15.5 Å². The van der Waals surface area contributed by atoms with Gasteiger partial charge in [-0.15, -0.1) is 0 Å². The van der Waals surface area contributed by atoms with Crippen LogP contribution in [0.4, 0.5) is 0 Å². The molecule has 1 aromatic carbocycles. The molecule has 0 amide bonds. The van der Waals surface area contributed by atoms with Gasteiger partial charge >= 0.3 is 0 Å². The van der Waals surface area contributed by atoms with Crippen molar-refractivity contribution in [3.05, 3.63) is 36.4 Å². The number of methoxy groups -OCH3 is 1. The molecule has 1 heterocycles. The van der Waals surface area contributed by atoms with Gasteiger partial charge in [-0.1, -0.05) is 11.3 Å². The molecule has 3 heteroatoms. The Morgan fingerprint density at radius 1 is 1.07 bits per heavy atom. The van der Waals surface area contributed by atoms with Crippen molar-refractivity contribution >= 4 is 11.3 Å². The van der Waals surface area contributed by atoms with E-state index in [9.17, 15) is 0 Å². The summed E-state index contributed by atoms with van der Waals surface area (Å²) in [7, 11) is 1.66. The Morgan fingerprint density at radius 2 is 1.79 bits per heavy atom. The maximum absolute atomic E-state index is 9.13. The fourth-order valence-corrected chi connectivity index (χ4v) is 2.04. The van der Waals surface area contributed by atoms with Crippen LogP contribution in [0.5, 0.6) is 10.8 Å². The molecular weight excluding hydrogens is 196 g/mol. The van der Waals surface area contributed by atoms with Crippen molar-refractivity contribution in [2.75, 3.05) is 7.11 Å². The van der Waals surface area contributed by atoms with Crippen molar-refractivity contribution in [2.45, 2.75) is 0 Å². The maximum atomic E-state index is 9.13. The van der Waals surface area contributed by atoms with Crippen molar-refractivity contribution < 1.29 is 9.84 Å². The number of hydrogen-bond donors (Lipinski definition) is 1. The molecule has 0 saturated heterocycles. The number of ether oxygens (including phenoxy) is 1. The molecular formula is C11H10O2S. The zero-order valence-corrected chi connectivity index (χ0v) is 8.54. The fraction of sp³-hybridized carbons (Fsp3) is 0.0909. The highest BCUT2D eigenvalue weighted by Crippen LogP contribution is 2.33. The molecule has 2 aromatic rings. The van der Waals surface area contributed by atoms with Gasteiger partial charge in [0.25, 0.3) is 0 Å². The highest BCUT2D eigenvalue weighted by atomic mass is 32.1. The van der Waals surface area contributed by atoms with Gasteiger partial charge in [0.1, 0.15) is 5.75 Å². The predicted molar refractivity (Wildman–Crippen MR) is 58.0 cm³/mol. The van der Waals surface area contributed by atoms with E-state index in [1.165, 1.54) is 0 Å². The number of rotatable bonds is 2. The van der Waals surface area contributed by atoms with E-state index in [-0.39, 0.29) is 5.75 Å². The first-order valence-electron chi connectivity index (χ1n) is 4.23. The van der Waals surface area contributed by atoms with Crippen LogP contribution in [0, 0.1) is 0 Å². The van der Waals surface area contributed by atoms with Crippen LogP contribution in [-0.4, -0.2) is 12.2 Å². The second-order valence-corrected chi connectivity index (χ2v) is 3.92. The molecule has 0 atom stereocenters. The number of thiophene rings is 1. The monoisotopic (exact) mass is 206 g/mol. The topological polar surface area (TPSA) is 29.5 Å². The summed E-state index contributed by atoms with van der Waals surface area (Å²) in [5.74, 6) is 0.289. The van der Waals surface area contributed by atoms with E-state index >= 15 is 0 Å². The van der Waals surface area contributed by atoms with E-state index in [1.807, 2.05) is 24.3 Å². The third kappa shape index (κ3) is 1.72. The SMILES string of the molecule is COc1ccc(-c2ccc(O)cc2)s1. The van der Waals surface area contributed by atoms with E-state index in [2.05, 4.69) is 0 Å². The second kappa shape index (κ2) is 3.72. The lowest BCUT2D eigenvalue weighted by molar-refractivity contribution is 0.427. The maximum Gasteiger partial charge on any atom is 0.173 e. The molecule has 14 heavy (non-hydrogen) atoms. The summed E-state index contributed by atoms with van der Waals surface area (Å²) in [5, 5.41) is 10.0. The van der Waals surface area contributed by atoms with Crippen molar-refractivity contribution in [1.82, 2.24) is 0 Å². The van der Waals surface area contributed by atoms with Crippen molar-refractivity contribution in [1.29, 1.82) is 0 Å². The lowest BCUT2D eigenvalue weighted by Crippen LogP contribution is -1.73. The van der Waals surface area contributed by atoms with Crippen LogP contribution in [0.3, 0.4) is 0 Å². The van der Waals surface area contributed by atoms with Crippen LogP contribution in [0.15, 0.2) is 36.4 Å². The van der Waals surface area contributed by atoms with Gasteiger partial charge in [-0.25, -0.2) is 0 Å². The van der Waals surface area contributed by atoms with Gasteiger partial charge in [-0.2, -0.15) is 0 Å². The summed E-state index contributed by atoms with van der Waals surface area (Å²) < 4.78 is 5.11. The van der Waals surface area contributed by atoms with E-state index in [1.54, 1.807) is 30.6 Å². The van der Waals surface area contributed by atoms with Gasteiger partial charge in [0.05, 0.1) is 7.11 Å². The highest BCUT2D eigenvalue weighted by Gasteiger charge is 2.02. The van der Waals surface area contributed by atoms with Crippen LogP contribution in [0.25, 0.3) is 10.4 Å². The van der Waals surface area contributed by atoms with Gasteiger partial charge < -0.3 is 9.84 Å². The van der Waals surface area contributed by atoms with Gasteiger partial charge in [0, 0.05) is 4.88 Å². The summed E-state index contributed by atoms with van der Waals surface area (Å²) in [6.07, 6.45) is 0. The van der Waals surface area contributed by atoms with Crippen LogP contribution in [0.1, 0.15) is 0 Å². The molecule has 0 radical (unpaired) electrons. The van der Waals surface area contributed by atoms with Crippen molar-refractivity contribution in [2.24, 2.45) is 0 Å². The average Bonchev–Trinajstić information content (AvgIpc) is 2.67. The Balaban J connectivity index is 2.34. The van der Waals surface area contributed by atoms with Crippen LogP contribution in [-0.2, 0) is 0 Å². The van der Waals surface area contributed by atoms with Crippen molar-refractivity contribution in [3.8, 4) is 21.3 Å². The summed E-state index contributed by atoms with van der Waals surface area (Å²) >= 11 is 1.59. The Hall–Kier alpha value is -1.48. The van der Waals surface area contributed by atoms with Crippen LogP contribution in [0.2, 0.25) is 0 Å². The lowest BCUT2D eigenvalue weighted by atomic mass is 10.2. The first-order valence-corrected chi connectivity index (χ1v) is 5.04. The van der Waals surface area contributed by atoms with Gasteiger partial charge in [-0.3, -0.25) is 0 Å². The smallest absolute Gasteiger partial charge is 0.173 e. The zero-order chi connectivity index (χ0) is 9.97. The Labute approximate surface area is 86.4 Å². The molecule has 72 valence electrons. The van der Waals surface area contributed by atoms with E-state index in [4.69, 9.17) is 9.84 Å². The normalized spacial score (nSPS) is 10.1. The number of phenolic OH excluding ortho intramolecular Hbond substituents is 1. The standard InChI is InChI=1S/C11H10O2S/c1-13-11-7-6-10(14-11)8-2-4-9(12)5-3-8/h2-7,12H,1H3. The first kappa shape index (κ1) is 9.09. The van der Waals surface area contributed by atoms with Gasteiger partial charge in [0.2, 0.25) is 0 Å². The number of phenols is 1. The van der Waals surface area contributed by atoms with E-state index in [0.29, 0.717) is 0 Å². The largest absolute Gasteiger partial charge is 0.508 e. The summed E-state index contributed by atoms with van der Waals surface area (Å²) in [6, 6.07) is 11.1. The molecule has 0 aliphatic heterocycles. The molecule has 2 nitrogen and oxygen atoms in total. The first-order chi connectivity index (χ1) is 6.79. The zero-order valence-electron chi connectivity index (χ0n) is 7.73. The number of benzene rings is 1. The minimum atomic E-state index is 0.289. The highest BCUT2D eigenvalue weighted by molar-refractivity contribution is 7.17. The minimum absolute atomic E-state index is 0.289. The molecule has 0 unspecified atom stereocenters. The predicted octanol–water partition coefficient (Wildman–Crippen LogP) is 3.13. The lowest BCUT2D eigenvalue weighted by Gasteiger charge is -1.96. The Kier molecular flexibility index (Phi) is 2.41. The Bertz CT molecular complexity index is 417. The summed E-state index contributed by atoms with van der Waals surface area (Å²) in [4.78, 5) is 1.14. The molecule has 0 spiro atoms. The van der Waals surface area contributed by atoms with Crippen LogP contribution < -0.4 is 4.74 Å². The average molecular weight is 206 g/mol. The Morgan fingerprint density at radius 3 is 2.36 bits per heavy atom. The molecule has 2 rings (SSSR count). The summed E-state index contributed by atoms with van der Waals surface area (Å²) in [5.41, 5.74) is 1.09. The third-order valence-corrected chi connectivity index (χ3v) is 3.03. The molecule has 1 aromatic heterocycles.